The Hall–Kier alpha value is -2.19. The molecule has 0 spiro atoms. The molecule has 0 fully saturated rings. The fourth-order valence-electron chi connectivity index (χ4n) is 3.42. The Bertz CT molecular complexity index is 1260. The van der Waals surface area contributed by atoms with E-state index in [1.807, 2.05) is 0 Å². The summed E-state index contributed by atoms with van der Waals surface area (Å²) in [5.74, 6) is 0. The first kappa shape index (κ1) is 26.1. The predicted octanol–water partition coefficient (Wildman–Crippen LogP) is -0.0972. The molecule has 1 aliphatic rings. The zero-order chi connectivity index (χ0) is 24.6. The lowest BCUT2D eigenvalue weighted by Crippen LogP contribution is -3.11. The summed E-state index contributed by atoms with van der Waals surface area (Å²) in [5, 5.41) is 0. The highest BCUT2D eigenvalue weighted by atomic mass is 32.2. The van der Waals surface area contributed by atoms with Crippen LogP contribution in [0.3, 0.4) is 0 Å². The highest BCUT2D eigenvalue weighted by Crippen LogP contribution is 2.47. The number of hydrogen-bond acceptors (Lipinski definition) is 9. The Morgan fingerprint density at radius 1 is 0.812 bits per heavy atom. The molecule has 0 aliphatic carbocycles. The Morgan fingerprint density at radius 3 is 1.50 bits per heavy atom. The van der Waals surface area contributed by atoms with Gasteiger partial charge in [-0.25, -0.2) is 25.3 Å². The molecule has 2 aromatic rings. The maximum Gasteiger partial charge on any atom is 0.207 e. The van der Waals surface area contributed by atoms with E-state index in [4.69, 9.17) is 11.5 Å². The van der Waals surface area contributed by atoms with Gasteiger partial charge in [0.2, 0.25) is 9.84 Å². The van der Waals surface area contributed by atoms with Gasteiger partial charge in [0.1, 0.15) is 10.1 Å². The minimum absolute atomic E-state index is 0.0606. The first-order valence-corrected chi connectivity index (χ1v) is 14.5. The van der Waals surface area contributed by atoms with Crippen molar-refractivity contribution < 1.29 is 34.7 Å². The summed E-state index contributed by atoms with van der Waals surface area (Å²) in [7, 11) is -12.8. The third-order valence-corrected chi connectivity index (χ3v) is 9.14. The van der Waals surface area contributed by atoms with E-state index >= 15 is 0 Å². The zero-order valence-corrected chi connectivity index (χ0v) is 20.6. The van der Waals surface area contributed by atoms with E-state index in [9.17, 15) is 29.8 Å². The minimum atomic E-state index is -4.95. The van der Waals surface area contributed by atoms with Crippen LogP contribution in [0.2, 0.25) is 0 Å². The Balaban J connectivity index is 0.000000451. The summed E-state index contributed by atoms with van der Waals surface area (Å²) in [4.78, 5) is -0.0191. The fraction of sp³-hybridized carbons (Fsp3) is 0.368. The molecule has 13 heteroatoms. The highest BCUT2D eigenvalue weighted by Gasteiger charge is 2.36. The van der Waals surface area contributed by atoms with E-state index in [1.54, 1.807) is 4.90 Å². The Kier molecular flexibility index (Phi) is 7.32. The van der Waals surface area contributed by atoms with Gasteiger partial charge in [0, 0.05) is 17.4 Å². The van der Waals surface area contributed by atoms with E-state index in [1.165, 1.54) is 19.6 Å². The number of anilines is 2. The molecule has 0 amide bonds. The van der Waals surface area contributed by atoms with E-state index in [-0.39, 0.29) is 31.5 Å². The molecule has 5 N–H and O–H groups in total. The van der Waals surface area contributed by atoms with Gasteiger partial charge < -0.3 is 20.9 Å². The van der Waals surface area contributed by atoms with Gasteiger partial charge in [-0.1, -0.05) is 0 Å². The van der Waals surface area contributed by atoms with Crippen LogP contribution in [-0.2, 0) is 29.8 Å². The maximum atomic E-state index is 12.6. The van der Waals surface area contributed by atoms with Crippen LogP contribution in [-0.4, -0.2) is 55.7 Å². The monoisotopic (exact) mass is 505 g/mol. The van der Waals surface area contributed by atoms with Gasteiger partial charge in [0.05, 0.1) is 50.6 Å². The summed E-state index contributed by atoms with van der Waals surface area (Å²) >= 11 is 0. The van der Waals surface area contributed by atoms with Gasteiger partial charge in [0.15, 0.2) is 9.84 Å². The molecule has 0 saturated carbocycles. The van der Waals surface area contributed by atoms with Crippen LogP contribution in [0.4, 0.5) is 11.4 Å². The number of nitrogens with one attached hydrogen (secondary N) is 1. The summed E-state index contributed by atoms with van der Waals surface area (Å²) < 4.78 is 82.8. The third-order valence-electron chi connectivity index (χ3n) is 5.26. The molecule has 0 bridgehead atoms. The van der Waals surface area contributed by atoms with Crippen LogP contribution in [0.5, 0.6) is 0 Å². The molecule has 2 aromatic carbocycles. The second-order valence-corrected chi connectivity index (χ2v) is 12.5. The van der Waals surface area contributed by atoms with E-state index in [0.717, 1.165) is 30.5 Å². The van der Waals surface area contributed by atoms with Crippen molar-refractivity contribution in [3.63, 3.8) is 0 Å². The molecule has 0 aromatic heterocycles. The number of benzene rings is 2. The van der Waals surface area contributed by atoms with Crippen molar-refractivity contribution in [1.82, 2.24) is 0 Å². The van der Waals surface area contributed by atoms with E-state index in [2.05, 4.69) is 20.8 Å². The zero-order valence-electron chi connectivity index (χ0n) is 18.2. The number of rotatable bonds is 5. The molecular formula is C19H27N3O7S3. The second kappa shape index (κ2) is 8.98. The van der Waals surface area contributed by atoms with Crippen molar-refractivity contribution in [3.8, 4) is 11.1 Å². The number of nitrogens with two attached hydrogens (primary N) is 2. The van der Waals surface area contributed by atoms with Crippen molar-refractivity contribution in [2.75, 3.05) is 37.4 Å². The van der Waals surface area contributed by atoms with Gasteiger partial charge in [-0.05, 0) is 45.0 Å². The minimum Gasteiger partial charge on any atom is -0.744 e. The van der Waals surface area contributed by atoms with Crippen LogP contribution >= 0.6 is 0 Å². The standard InChI is InChI=1S/C13H12N2O7S3.C6H15N/c1-23(16,17)12-2-6-7-3-13(25(20,21)22)9(15)5-11(7)24(18,19)10(6)4-8(12)14;1-4-7(5-2)6-3/h2-5H,14-15H2,1H3,(H,20,21,22);4-6H2,1-3H3. The van der Waals surface area contributed by atoms with Gasteiger partial charge in [-0.3, -0.25) is 0 Å². The Labute approximate surface area is 188 Å². The smallest absolute Gasteiger partial charge is 0.207 e. The SMILES string of the molecule is CC[NH+](CC)CC.CS(=O)(=O)c1cc2c(cc1N)S(=O)(=O)c1cc(N)c(S(=O)(=O)[O-])cc1-2. The molecule has 3 rings (SSSR count). The average molecular weight is 506 g/mol. The number of hydrogen-bond donors (Lipinski definition) is 3. The normalized spacial score (nSPS) is 14.4. The highest BCUT2D eigenvalue weighted by molar-refractivity contribution is 7.92. The van der Waals surface area contributed by atoms with Crippen molar-refractivity contribution in [2.24, 2.45) is 0 Å². The molecule has 0 atom stereocenters. The van der Waals surface area contributed by atoms with Gasteiger partial charge in [-0.15, -0.1) is 0 Å². The molecule has 0 saturated heterocycles. The van der Waals surface area contributed by atoms with Gasteiger partial charge in [0.25, 0.3) is 0 Å². The molecule has 10 nitrogen and oxygen atoms in total. The quantitative estimate of drug-likeness (QED) is 0.315. The van der Waals surface area contributed by atoms with Crippen LogP contribution in [0, 0.1) is 0 Å². The van der Waals surface area contributed by atoms with E-state index < -0.39 is 40.4 Å². The second-order valence-electron chi connectivity index (χ2n) is 7.31. The largest absolute Gasteiger partial charge is 0.744 e. The molecule has 0 unspecified atom stereocenters. The van der Waals surface area contributed by atoms with Crippen LogP contribution in [0.15, 0.2) is 43.8 Å². The van der Waals surface area contributed by atoms with Gasteiger partial charge in [-0.2, -0.15) is 0 Å². The number of quaternary nitrogens is 1. The lowest BCUT2D eigenvalue weighted by molar-refractivity contribution is -0.894. The lowest BCUT2D eigenvalue weighted by atomic mass is 10.1. The van der Waals surface area contributed by atoms with Crippen molar-refractivity contribution >= 4 is 41.2 Å². The summed E-state index contributed by atoms with van der Waals surface area (Å²) in [6.45, 7) is 10.5. The van der Waals surface area contributed by atoms with Crippen molar-refractivity contribution in [3.05, 3.63) is 24.3 Å². The van der Waals surface area contributed by atoms with Gasteiger partial charge >= 0.3 is 0 Å². The summed E-state index contributed by atoms with van der Waals surface area (Å²) in [6.07, 6.45) is 0.895. The third kappa shape index (κ3) is 4.91. The summed E-state index contributed by atoms with van der Waals surface area (Å²) in [6, 6.07) is 3.73. The maximum absolute atomic E-state index is 12.6. The van der Waals surface area contributed by atoms with Crippen LogP contribution in [0.25, 0.3) is 11.1 Å². The average Bonchev–Trinajstić information content (AvgIpc) is 2.87. The first-order valence-electron chi connectivity index (χ1n) is 9.71. The van der Waals surface area contributed by atoms with Crippen molar-refractivity contribution in [1.29, 1.82) is 0 Å². The molecular weight excluding hydrogens is 478 g/mol. The predicted molar refractivity (Wildman–Crippen MR) is 120 cm³/mol. The Morgan fingerprint density at radius 2 is 1.19 bits per heavy atom. The number of nitrogen functional groups attached to an aromatic ring is 2. The molecule has 178 valence electrons. The summed E-state index contributed by atoms with van der Waals surface area (Å²) in [5.41, 5.74) is 10.2. The lowest BCUT2D eigenvalue weighted by Gasteiger charge is -2.12. The molecule has 1 aliphatic heterocycles. The van der Waals surface area contributed by atoms with Crippen molar-refractivity contribution in [2.45, 2.75) is 40.4 Å². The topological polar surface area (TPSA) is 182 Å². The first-order chi connectivity index (χ1) is 14.6. The number of sulfone groups is 2. The fourth-order valence-corrected chi connectivity index (χ4v) is 6.57. The van der Waals surface area contributed by atoms with E-state index in [0.29, 0.717) is 0 Å². The number of fused-ring (bicyclic) bond motifs is 3. The molecule has 1 heterocycles. The molecule has 0 radical (unpaired) electrons. The van der Waals surface area contributed by atoms with Crippen LogP contribution in [0.1, 0.15) is 20.8 Å². The molecule has 32 heavy (non-hydrogen) atoms. The van der Waals surface area contributed by atoms with Crippen LogP contribution < -0.4 is 16.4 Å².